The third-order valence-corrected chi connectivity index (χ3v) is 4.71. The second kappa shape index (κ2) is 10.1. The van der Waals surface area contributed by atoms with Crippen molar-refractivity contribution < 1.29 is 20.1 Å². The van der Waals surface area contributed by atoms with E-state index in [-0.39, 0.29) is 0 Å². The number of aliphatic hydroxyl groups excluding tert-OH is 1. The maximum Gasteiger partial charge on any atom is 0.178 e. The molecule has 0 amide bonds. The van der Waals surface area contributed by atoms with Gasteiger partial charge in [0.15, 0.2) is 6.29 Å². The average Bonchev–Trinajstić information content (AvgIpc) is 2.72. The molecule has 4 nitrogen and oxygen atoms in total. The molecule has 0 fully saturated rings. The van der Waals surface area contributed by atoms with Gasteiger partial charge in [0.1, 0.15) is 18.0 Å². The van der Waals surface area contributed by atoms with Gasteiger partial charge in [-0.3, -0.25) is 0 Å². The van der Waals surface area contributed by atoms with Crippen molar-refractivity contribution in [1.29, 1.82) is 0 Å². The van der Waals surface area contributed by atoms with Crippen molar-refractivity contribution in [2.75, 3.05) is 0 Å². The number of rotatable bonds is 7. The largest absolute Gasteiger partial charge is 0.489 e. The summed E-state index contributed by atoms with van der Waals surface area (Å²) >= 11 is 0. The maximum absolute atomic E-state index is 10.2. The lowest BCUT2D eigenvalue weighted by Crippen LogP contribution is -2.23. The van der Waals surface area contributed by atoms with Crippen LogP contribution < -0.4 is 4.74 Å². The van der Waals surface area contributed by atoms with E-state index in [1.165, 1.54) is 0 Å². The Bertz CT molecular complexity index is 867. The Kier molecular flexibility index (Phi) is 7.83. The van der Waals surface area contributed by atoms with Crippen LogP contribution in [-0.2, 0) is 6.61 Å². The number of allylic oxidation sites excluding steroid dienone is 2. The minimum absolute atomic E-state index is 0.326. The van der Waals surface area contributed by atoms with Crippen molar-refractivity contribution in [2.45, 2.75) is 52.1 Å². The zero-order valence-electron chi connectivity index (χ0n) is 16.6. The molecule has 3 N–H and O–H groups in total. The molecule has 0 radical (unpaired) electrons. The fourth-order valence-corrected chi connectivity index (χ4v) is 2.63. The van der Waals surface area contributed by atoms with Crippen molar-refractivity contribution >= 4 is 5.57 Å². The summed E-state index contributed by atoms with van der Waals surface area (Å²) in [5, 5.41) is 28.8. The zero-order valence-corrected chi connectivity index (χ0v) is 16.6. The van der Waals surface area contributed by atoms with Crippen molar-refractivity contribution in [2.24, 2.45) is 0 Å². The maximum atomic E-state index is 10.2. The van der Waals surface area contributed by atoms with E-state index >= 15 is 0 Å². The topological polar surface area (TPSA) is 69.9 Å². The van der Waals surface area contributed by atoms with E-state index in [0.29, 0.717) is 30.8 Å². The molecule has 2 aromatic carbocycles. The summed E-state index contributed by atoms with van der Waals surface area (Å²) in [6.07, 6.45) is 1.51. The van der Waals surface area contributed by atoms with Crippen LogP contribution in [0.25, 0.3) is 5.57 Å². The molecule has 28 heavy (non-hydrogen) atoms. The summed E-state index contributed by atoms with van der Waals surface area (Å²) in [6, 6.07) is 14.7. The Labute approximate surface area is 167 Å². The minimum Gasteiger partial charge on any atom is -0.489 e. The molecule has 0 saturated heterocycles. The van der Waals surface area contributed by atoms with E-state index in [0.717, 1.165) is 16.7 Å². The van der Waals surface area contributed by atoms with E-state index in [4.69, 9.17) is 4.74 Å². The van der Waals surface area contributed by atoms with Gasteiger partial charge >= 0.3 is 0 Å². The molecule has 2 rings (SSSR count). The number of benzene rings is 2. The van der Waals surface area contributed by atoms with Gasteiger partial charge in [0.05, 0.1) is 0 Å². The van der Waals surface area contributed by atoms with Crippen LogP contribution in [0.5, 0.6) is 5.75 Å². The van der Waals surface area contributed by atoms with Crippen molar-refractivity contribution in [1.82, 2.24) is 0 Å². The van der Waals surface area contributed by atoms with Gasteiger partial charge in [0.25, 0.3) is 0 Å². The SMILES string of the molecule is CCC(O)(C#C/C=C(/C)c1cccc(OCc2cccc(C(O)O)c2)c1)CC. The molecule has 4 heteroatoms. The van der Waals surface area contributed by atoms with E-state index in [1.807, 2.05) is 57.2 Å². The normalized spacial score (nSPS) is 11.9. The lowest BCUT2D eigenvalue weighted by molar-refractivity contribution is -0.0425. The standard InChI is InChI=1S/C24H28O4/c1-4-24(27,5-2)14-8-9-18(3)20-11-7-13-22(16-20)28-17-19-10-6-12-21(15-19)23(25)26/h6-7,9-13,15-16,23,25-27H,4-5,17H2,1-3H3/b18-9-. The lowest BCUT2D eigenvalue weighted by atomic mass is 9.98. The van der Waals surface area contributed by atoms with Crippen LogP contribution in [0.2, 0.25) is 0 Å². The Hall–Kier alpha value is -2.58. The molecule has 0 aliphatic rings. The van der Waals surface area contributed by atoms with Crippen LogP contribution in [-0.4, -0.2) is 20.9 Å². The first-order valence-corrected chi connectivity index (χ1v) is 9.47. The monoisotopic (exact) mass is 380 g/mol. The molecule has 0 saturated carbocycles. The van der Waals surface area contributed by atoms with Crippen LogP contribution in [0, 0.1) is 11.8 Å². The summed E-state index contributed by atoms with van der Waals surface area (Å²) in [6.45, 7) is 6.14. The van der Waals surface area contributed by atoms with Crippen molar-refractivity contribution in [3.05, 3.63) is 71.3 Å². The quantitative estimate of drug-likeness (QED) is 0.497. The fraction of sp³-hybridized carbons (Fsp3) is 0.333. The third-order valence-electron chi connectivity index (χ3n) is 4.71. The molecular formula is C24H28O4. The van der Waals surface area contributed by atoms with Crippen LogP contribution >= 0.6 is 0 Å². The number of aliphatic hydroxyl groups is 3. The van der Waals surface area contributed by atoms with Crippen LogP contribution in [0.1, 0.15) is 56.6 Å². The molecule has 0 unspecified atom stereocenters. The molecule has 0 bridgehead atoms. The summed E-state index contributed by atoms with van der Waals surface area (Å²) in [4.78, 5) is 0. The van der Waals surface area contributed by atoms with Gasteiger partial charge in [-0.2, -0.15) is 0 Å². The van der Waals surface area contributed by atoms with E-state index < -0.39 is 11.9 Å². The van der Waals surface area contributed by atoms with Gasteiger partial charge in [-0.25, -0.2) is 0 Å². The van der Waals surface area contributed by atoms with Gasteiger partial charge in [0, 0.05) is 5.56 Å². The first-order chi connectivity index (χ1) is 13.4. The van der Waals surface area contributed by atoms with E-state index in [1.54, 1.807) is 18.2 Å². The number of ether oxygens (including phenoxy) is 1. The highest BCUT2D eigenvalue weighted by atomic mass is 16.5. The lowest BCUT2D eigenvalue weighted by Gasteiger charge is -2.16. The van der Waals surface area contributed by atoms with Gasteiger partial charge in [-0.05, 0) is 60.7 Å². The van der Waals surface area contributed by atoms with Gasteiger partial charge in [-0.1, -0.05) is 56.0 Å². The molecule has 0 aliphatic carbocycles. The molecule has 0 aliphatic heterocycles. The van der Waals surface area contributed by atoms with E-state index in [2.05, 4.69) is 11.8 Å². The fourth-order valence-electron chi connectivity index (χ4n) is 2.63. The first kappa shape index (κ1) is 21.7. The predicted octanol–water partition coefficient (Wildman–Crippen LogP) is 4.21. The summed E-state index contributed by atoms with van der Waals surface area (Å²) in [5.74, 6) is 6.61. The van der Waals surface area contributed by atoms with Gasteiger partial charge in [0.2, 0.25) is 0 Å². The van der Waals surface area contributed by atoms with E-state index in [9.17, 15) is 15.3 Å². The van der Waals surface area contributed by atoms with Crippen molar-refractivity contribution in [3.63, 3.8) is 0 Å². The average molecular weight is 380 g/mol. The second-order valence-corrected chi connectivity index (χ2v) is 6.77. The highest BCUT2D eigenvalue weighted by molar-refractivity contribution is 5.67. The summed E-state index contributed by atoms with van der Waals surface area (Å²) < 4.78 is 5.84. The Morgan fingerprint density at radius 2 is 1.82 bits per heavy atom. The zero-order chi connectivity index (χ0) is 20.6. The van der Waals surface area contributed by atoms with Crippen LogP contribution in [0.3, 0.4) is 0 Å². The Morgan fingerprint density at radius 3 is 2.50 bits per heavy atom. The molecule has 0 aromatic heterocycles. The Morgan fingerprint density at radius 1 is 1.11 bits per heavy atom. The number of hydrogen-bond acceptors (Lipinski definition) is 4. The number of hydrogen-bond donors (Lipinski definition) is 3. The van der Waals surface area contributed by atoms with Crippen LogP contribution in [0.15, 0.2) is 54.6 Å². The first-order valence-electron chi connectivity index (χ1n) is 9.47. The van der Waals surface area contributed by atoms with Crippen LogP contribution in [0.4, 0.5) is 0 Å². The molecule has 148 valence electrons. The highest BCUT2D eigenvalue weighted by Crippen LogP contribution is 2.21. The third kappa shape index (κ3) is 6.24. The summed E-state index contributed by atoms with van der Waals surface area (Å²) in [7, 11) is 0. The summed E-state index contributed by atoms with van der Waals surface area (Å²) in [5.41, 5.74) is 2.33. The molecular weight excluding hydrogens is 352 g/mol. The molecule has 2 aromatic rings. The van der Waals surface area contributed by atoms with Gasteiger partial charge in [-0.15, -0.1) is 0 Å². The molecule has 0 atom stereocenters. The van der Waals surface area contributed by atoms with Crippen molar-refractivity contribution in [3.8, 4) is 17.6 Å². The predicted molar refractivity (Wildman–Crippen MR) is 111 cm³/mol. The highest BCUT2D eigenvalue weighted by Gasteiger charge is 2.17. The smallest absolute Gasteiger partial charge is 0.178 e. The van der Waals surface area contributed by atoms with Gasteiger partial charge < -0.3 is 20.1 Å². The molecule has 0 heterocycles. The second-order valence-electron chi connectivity index (χ2n) is 6.77. The molecule has 0 spiro atoms. The Balaban J connectivity index is 2.08. The minimum atomic E-state index is -1.49.